The number of benzene rings is 2. The van der Waals surface area contributed by atoms with Crippen molar-refractivity contribution in [3.05, 3.63) is 60.2 Å². The van der Waals surface area contributed by atoms with Crippen LogP contribution in [0.15, 0.2) is 54.6 Å². The van der Waals surface area contributed by atoms with E-state index in [0.717, 1.165) is 63.4 Å². The highest BCUT2D eigenvalue weighted by molar-refractivity contribution is 5.93. The monoisotopic (exact) mass is 408 g/mol. The van der Waals surface area contributed by atoms with E-state index in [0.29, 0.717) is 6.42 Å². The van der Waals surface area contributed by atoms with Crippen LogP contribution in [0.1, 0.15) is 51.5 Å². The van der Waals surface area contributed by atoms with Gasteiger partial charge < -0.3 is 9.64 Å². The molecule has 1 saturated heterocycles. The zero-order chi connectivity index (χ0) is 21.4. The first-order chi connectivity index (χ1) is 14.5. The maximum Gasteiger partial charge on any atom is 0.227 e. The summed E-state index contributed by atoms with van der Waals surface area (Å²) in [7, 11) is 1.88. The van der Waals surface area contributed by atoms with Crippen LogP contribution in [0, 0.1) is 5.41 Å². The molecule has 1 aliphatic rings. The number of likely N-dealkylation sites (tertiary alicyclic amines) is 1. The van der Waals surface area contributed by atoms with Gasteiger partial charge in [0.05, 0.1) is 6.61 Å². The third kappa shape index (κ3) is 6.33. The number of anilines is 1. The molecule has 0 saturated carbocycles. The van der Waals surface area contributed by atoms with Gasteiger partial charge in [-0.3, -0.25) is 9.69 Å². The molecular formula is C26H36N2O2. The van der Waals surface area contributed by atoms with E-state index < -0.39 is 0 Å². The zero-order valence-corrected chi connectivity index (χ0v) is 18.8. The van der Waals surface area contributed by atoms with Crippen molar-refractivity contribution < 1.29 is 9.53 Å². The van der Waals surface area contributed by atoms with Crippen molar-refractivity contribution >= 4 is 11.6 Å². The lowest BCUT2D eigenvalue weighted by Crippen LogP contribution is -2.41. The van der Waals surface area contributed by atoms with Crippen LogP contribution in [0.25, 0.3) is 0 Å². The van der Waals surface area contributed by atoms with Crippen LogP contribution < -0.4 is 9.64 Å². The fourth-order valence-corrected chi connectivity index (χ4v) is 4.00. The van der Waals surface area contributed by atoms with Gasteiger partial charge in [0.15, 0.2) is 0 Å². The Hall–Kier alpha value is -2.33. The second-order valence-electron chi connectivity index (χ2n) is 8.90. The number of hydrogen-bond acceptors (Lipinski definition) is 3. The number of ether oxygens (including phenoxy) is 1. The van der Waals surface area contributed by atoms with Gasteiger partial charge in [-0.15, -0.1) is 0 Å². The molecule has 3 rings (SSSR count). The predicted octanol–water partition coefficient (Wildman–Crippen LogP) is 5.52. The summed E-state index contributed by atoms with van der Waals surface area (Å²) in [6.07, 6.45) is 4.89. The Labute approximate surface area is 181 Å². The van der Waals surface area contributed by atoms with Crippen LogP contribution in [0.2, 0.25) is 0 Å². The van der Waals surface area contributed by atoms with Crippen LogP contribution in [0.5, 0.6) is 5.75 Å². The number of carbonyl (C=O) groups is 1. The molecule has 1 amide bonds. The molecular weight excluding hydrogens is 372 g/mol. The first-order valence-corrected chi connectivity index (χ1v) is 11.2. The molecule has 1 aliphatic heterocycles. The first-order valence-electron chi connectivity index (χ1n) is 11.2. The molecule has 0 unspecified atom stereocenters. The Kier molecular flexibility index (Phi) is 7.92. The second kappa shape index (κ2) is 10.6. The summed E-state index contributed by atoms with van der Waals surface area (Å²) in [4.78, 5) is 17.3. The molecule has 30 heavy (non-hydrogen) atoms. The van der Waals surface area contributed by atoms with E-state index >= 15 is 0 Å². The highest BCUT2D eigenvalue weighted by Crippen LogP contribution is 2.36. The Bertz CT molecular complexity index is 780. The molecule has 4 heteroatoms. The van der Waals surface area contributed by atoms with Gasteiger partial charge in [0.1, 0.15) is 5.75 Å². The molecule has 2 aromatic carbocycles. The number of amides is 1. The third-order valence-corrected chi connectivity index (χ3v) is 6.25. The van der Waals surface area contributed by atoms with Crippen molar-refractivity contribution in [3.8, 4) is 5.75 Å². The summed E-state index contributed by atoms with van der Waals surface area (Å²) in [5, 5.41) is 0. The quantitative estimate of drug-likeness (QED) is 0.512. The Balaban J connectivity index is 1.48. The summed E-state index contributed by atoms with van der Waals surface area (Å²) in [5.41, 5.74) is 2.36. The molecule has 0 radical (unpaired) electrons. The number of carbonyl (C=O) groups excluding carboxylic acids is 1. The summed E-state index contributed by atoms with van der Waals surface area (Å²) < 4.78 is 5.72. The summed E-state index contributed by atoms with van der Waals surface area (Å²) >= 11 is 0. The van der Waals surface area contributed by atoms with Gasteiger partial charge >= 0.3 is 0 Å². The minimum absolute atomic E-state index is 0.0712. The molecule has 0 atom stereocenters. The van der Waals surface area contributed by atoms with Crippen LogP contribution in [-0.4, -0.2) is 37.6 Å². The van der Waals surface area contributed by atoms with Crippen molar-refractivity contribution in [2.24, 2.45) is 5.41 Å². The normalized spacial score (nSPS) is 16.2. The molecule has 0 aliphatic carbocycles. The van der Waals surface area contributed by atoms with E-state index in [1.807, 2.05) is 31.3 Å². The first kappa shape index (κ1) is 22.4. The van der Waals surface area contributed by atoms with Gasteiger partial charge in [-0.1, -0.05) is 50.6 Å². The summed E-state index contributed by atoms with van der Waals surface area (Å²) in [5.74, 6) is 1.06. The lowest BCUT2D eigenvalue weighted by molar-refractivity contribution is -0.121. The van der Waals surface area contributed by atoms with Crippen molar-refractivity contribution in [1.29, 1.82) is 0 Å². The third-order valence-electron chi connectivity index (χ3n) is 6.25. The number of hydrogen-bond donors (Lipinski definition) is 0. The maximum atomic E-state index is 13.0. The lowest BCUT2D eigenvalue weighted by atomic mass is 9.77. The van der Waals surface area contributed by atoms with Crippen LogP contribution in [-0.2, 0) is 11.3 Å². The average Bonchev–Trinajstić information content (AvgIpc) is 2.76. The van der Waals surface area contributed by atoms with Crippen molar-refractivity contribution in [3.63, 3.8) is 0 Å². The van der Waals surface area contributed by atoms with Gasteiger partial charge in [-0.25, -0.2) is 0 Å². The highest BCUT2D eigenvalue weighted by atomic mass is 16.5. The van der Waals surface area contributed by atoms with E-state index in [1.54, 1.807) is 4.90 Å². The maximum absolute atomic E-state index is 13.0. The largest absolute Gasteiger partial charge is 0.494 e. The molecule has 1 heterocycles. The van der Waals surface area contributed by atoms with Gasteiger partial charge in [0.2, 0.25) is 5.91 Å². The Morgan fingerprint density at radius 2 is 1.73 bits per heavy atom. The number of nitrogens with zero attached hydrogens (tertiary/aromatic N) is 2. The van der Waals surface area contributed by atoms with Gasteiger partial charge in [0.25, 0.3) is 0 Å². The highest BCUT2D eigenvalue weighted by Gasteiger charge is 2.33. The molecule has 162 valence electrons. The van der Waals surface area contributed by atoms with Crippen LogP contribution in [0.3, 0.4) is 0 Å². The van der Waals surface area contributed by atoms with Crippen molar-refractivity contribution in [1.82, 2.24) is 4.90 Å². The Morgan fingerprint density at radius 3 is 2.37 bits per heavy atom. The Morgan fingerprint density at radius 1 is 1.07 bits per heavy atom. The van der Waals surface area contributed by atoms with Crippen molar-refractivity contribution in [2.75, 3.05) is 31.6 Å². The van der Waals surface area contributed by atoms with E-state index in [-0.39, 0.29) is 11.3 Å². The molecule has 0 bridgehead atoms. The zero-order valence-electron chi connectivity index (χ0n) is 18.8. The number of rotatable bonds is 9. The summed E-state index contributed by atoms with van der Waals surface area (Å²) in [6.45, 7) is 8.25. The van der Waals surface area contributed by atoms with E-state index in [1.165, 1.54) is 5.56 Å². The fraction of sp³-hybridized carbons (Fsp3) is 0.500. The van der Waals surface area contributed by atoms with Gasteiger partial charge in [-0.2, -0.15) is 0 Å². The standard InChI is InChI=1S/C26H36N2O2/c1-4-5-19-30-24-13-11-23(12-14-24)27(3)25(29)20-26(2)15-17-28(18-16-26)21-22-9-7-6-8-10-22/h6-14H,4-5,15-21H2,1-3H3. The van der Waals surface area contributed by atoms with E-state index in [4.69, 9.17) is 4.74 Å². The fourth-order valence-electron chi connectivity index (χ4n) is 4.00. The topological polar surface area (TPSA) is 32.8 Å². The molecule has 2 aromatic rings. The van der Waals surface area contributed by atoms with Crippen LogP contribution >= 0.6 is 0 Å². The number of unbranched alkanes of at least 4 members (excludes halogenated alkanes) is 1. The lowest BCUT2D eigenvalue weighted by Gasteiger charge is -2.39. The smallest absolute Gasteiger partial charge is 0.227 e. The van der Waals surface area contributed by atoms with Crippen molar-refractivity contribution in [2.45, 2.75) is 52.5 Å². The van der Waals surface area contributed by atoms with Gasteiger partial charge in [0, 0.05) is 25.7 Å². The molecule has 0 spiro atoms. The SMILES string of the molecule is CCCCOc1ccc(N(C)C(=O)CC2(C)CCN(Cc3ccccc3)CC2)cc1. The second-order valence-corrected chi connectivity index (χ2v) is 8.90. The minimum atomic E-state index is 0.0712. The van der Waals surface area contributed by atoms with Gasteiger partial charge in [-0.05, 0) is 67.6 Å². The summed E-state index contributed by atoms with van der Waals surface area (Å²) in [6, 6.07) is 18.5. The predicted molar refractivity (Wildman–Crippen MR) is 124 cm³/mol. The number of piperidine rings is 1. The van der Waals surface area contributed by atoms with E-state index in [9.17, 15) is 4.79 Å². The molecule has 4 nitrogen and oxygen atoms in total. The molecule has 0 aromatic heterocycles. The van der Waals surface area contributed by atoms with E-state index in [2.05, 4.69) is 49.1 Å². The minimum Gasteiger partial charge on any atom is -0.494 e. The van der Waals surface area contributed by atoms with Crippen LogP contribution in [0.4, 0.5) is 5.69 Å². The molecule has 0 N–H and O–H groups in total. The average molecular weight is 409 g/mol. The molecule has 1 fully saturated rings.